The smallest absolute Gasteiger partial charge is 0.303 e. The van der Waals surface area contributed by atoms with E-state index in [0.29, 0.717) is 30.7 Å². The number of carbonyl (C=O) groups excluding carboxylic acids is 1. The molecule has 1 unspecified atom stereocenters. The monoisotopic (exact) mass is 419 g/mol. The average molecular weight is 420 g/mol. The highest BCUT2D eigenvalue weighted by Gasteiger charge is 2.28. The first-order valence-electron chi connectivity index (χ1n) is 10.9. The van der Waals surface area contributed by atoms with Gasteiger partial charge in [-0.1, -0.05) is 26.8 Å². The van der Waals surface area contributed by atoms with Crippen molar-refractivity contribution in [2.24, 2.45) is 5.92 Å². The molecule has 0 aromatic heterocycles. The molecule has 168 valence electrons. The van der Waals surface area contributed by atoms with E-state index in [1.54, 1.807) is 7.11 Å². The molecule has 0 saturated carbocycles. The molecule has 1 amide bonds. The third-order valence-corrected chi connectivity index (χ3v) is 5.75. The van der Waals surface area contributed by atoms with Crippen LogP contribution in [-0.2, 0) is 14.3 Å². The third-order valence-electron chi connectivity index (χ3n) is 5.75. The molecule has 1 aromatic carbocycles. The Morgan fingerprint density at radius 2 is 1.93 bits per heavy atom. The van der Waals surface area contributed by atoms with E-state index in [4.69, 9.17) is 15.6 Å². The number of nitrogens with two attached hydrogens (primary N) is 1. The highest BCUT2D eigenvalue weighted by molar-refractivity contribution is 5.76. The van der Waals surface area contributed by atoms with Crippen molar-refractivity contribution >= 4 is 23.3 Å². The standard InChI is InChI=1S/C23H37N3O4/c1-16(2)15-26(19-7-10-25(11-8-19)22(27)9-12-30-4)21-6-5-18(14-20(21)24)17(3)13-23(28)29/h5-6,14,16-17,19H,7-13,15,24H2,1-4H3,(H,28,29). The molecule has 3 N–H and O–H groups in total. The first kappa shape index (κ1) is 24.0. The number of piperidine rings is 1. The summed E-state index contributed by atoms with van der Waals surface area (Å²) in [5.41, 5.74) is 9.07. The summed E-state index contributed by atoms with van der Waals surface area (Å²) < 4.78 is 5.02. The van der Waals surface area contributed by atoms with Crippen LogP contribution in [0.5, 0.6) is 0 Å². The SMILES string of the molecule is COCCC(=O)N1CCC(N(CC(C)C)c2ccc(C(C)CC(=O)O)cc2N)CC1. The Morgan fingerprint density at radius 3 is 2.47 bits per heavy atom. The van der Waals surface area contributed by atoms with Crippen molar-refractivity contribution in [3.63, 3.8) is 0 Å². The minimum Gasteiger partial charge on any atom is -0.481 e. The van der Waals surface area contributed by atoms with E-state index in [1.165, 1.54) is 0 Å². The fourth-order valence-electron chi connectivity index (χ4n) is 4.13. The van der Waals surface area contributed by atoms with E-state index in [0.717, 1.165) is 43.7 Å². The van der Waals surface area contributed by atoms with E-state index in [1.807, 2.05) is 30.0 Å². The topological polar surface area (TPSA) is 96.1 Å². The number of rotatable bonds is 10. The first-order valence-corrected chi connectivity index (χ1v) is 10.9. The summed E-state index contributed by atoms with van der Waals surface area (Å²) in [6, 6.07) is 6.26. The lowest BCUT2D eigenvalue weighted by Gasteiger charge is -2.41. The van der Waals surface area contributed by atoms with Crippen LogP contribution in [0.2, 0.25) is 0 Å². The van der Waals surface area contributed by atoms with Crippen molar-refractivity contribution in [2.75, 3.05) is 44.0 Å². The van der Waals surface area contributed by atoms with Gasteiger partial charge in [0, 0.05) is 32.8 Å². The lowest BCUT2D eigenvalue weighted by molar-refractivity contribution is -0.137. The summed E-state index contributed by atoms with van der Waals surface area (Å²) in [5, 5.41) is 9.06. The van der Waals surface area contributed by atoms with Crippen molar-refractivity contribution in [1.82, 2.24) is 4.90 Å². The highest BCUT2D eigenvalue weighted by Crippen LogP contribution is 2.33. The number of ether oxygens (including phenoxy) is 1. The summed E-state index contributed by atoms with van der Waals surface area (Å²) in [6.45, 7) is 9.12. The summed E-state index contributed by atoms with van der Waals surface area (Å²) >= 11 is 0. The van der Waals surface area contributed by atoms with Crippen LogP contribution in [0.25, 0.3) is 0 Å². The Kier molecular flexibility index (Phi) is 8.96. The molecule has 1 aliphatic rings. The molecule has 1 saturated heterocycles. The molecule has 0 radical (unpaired) electrons. The molecule has 1 atom stereocenters. The van der Waals surface area contributed by atoms with Gasteiger partial charge in [0.25, 0.3) is 0 Å². The normalized spacial score (nSPS) is 16.0. The second-order valence-electron chi connectivity index (χ2n) is 8.72. The predicted octanol–water partition coefficient (Wildman–Crippen LogP) is 3.34. The van der Waals surface area contributed by atoms with Crippen LogP contribution < -0.4 is 10.6 Å². The van der Waals surface area contributed by atoms with Gasteiger partial charge in [-0.2, -0.15) is 0 Å². The van der Waals surface area contributed by atoms with Crippen molar-refractivity contribution in [1.29, 1.82) is 0 Å². The van der Waals surface area contributed by atoms with Crippen molar-refractivity contribution in [3.05, 3.63) is 23.8 Å². The van der Waals surface area contributed by atoms with E-state index in [2.05, 4.69) is 18.7 Å². The van der Waals surface area contributed by atoms with E-state index < -0.39 is 5.97 Å². The van der Waals surface area contributed by atoms with Gasteiger partial charge < -0.3 is 25.4 Å². The number of hydrogen-bond acceptors (Lipinski definition) is 5. The fraction of sp³-hybridized carbons (Fsp3) is 0.652. The Hall–Kier alpha value is -2.28. The minimum atomic E-state index is -0.807. The van der Waals surface area contributed by atoms with Crippen LogP contribution in [0.3, 0.4) is 0 Å². The van der Waals surface area contributed by atoms with E-state index in [9.17, 15) is 9.59 Å². The summed E-state index contributed by atoms with van der Waals surface area (Å²) in [4.78, 5) is 27.6. The molecule has 0 spiro atoms. The van der Waals surface area contributed by atoms with Gasteiger partial charge in [-0.05, 0) is 42.4 Å². The van der Waals surface area contributed by atoms with Crippen molar-refractivity contribution in [2.45, 2.75) is 58.4 Å². The maximum Gasteiger partial charge on any atom is 0.303 e. The van der Waals surface area contributed by atoms with Gasteiger partial charge in [-0.25, -0.2) is 0 Å². The first-order chi connectivity index (χ1) is 14.2. The zero-order valence-corrected chi connectivity index (χ0v) is 18.8. The Morgan fingerprint density at radius 1 is 1.27 bits per heavy atom. The highest BCUT2D eigenvalue weighted by atomic mass is 16.5. The van der Waals surface area contributed by atoms with Crippen LogP contribution in [0.1, 0.15) is 57.9 Å². The largest absolute Gasteiger partial charge is 0.481 e. The van der Waals surface area contributed by atoms with Gasteiger partial charge in [-0.3, -0.25) is 9.59 Å². The molecule has 1 aliphatic heterocycles. The van der Waals surface area contributed by atoms with Gasteiger partial charge in [0.1, 0.15) is 0 Å². The number of amides is 1. The lowest BCUT2D eigenvalue weighted by Crippen LogP contribution is -2.48. The molecule has 0 aliphatic carbocycles. The fourth-order valence-corrected chi connectivity index (χ4v) is 4.13. The molecular weight excluding hydrogens is 382 g/mol. The van der Waals surface area contributed by atoms with Crippen molar-refractivity contribution in [3.8, 4) is 0 Å². The number of nitrogen functional groups attached to an aromatic ring is 1. The summed E-state index contributed by atoms with van der Waals surface area (Å²) in [5.74, 6) is -0.268. The third kappa shape index (κ3) is 6.62. The van der Waals surface area contributed by atoms with E-state index >= 15 is 0 Å². The molecular formula is C23H37N3O4. The predicted molar refractivity (Wildman–Crippen MR) is 120 cm³/mol. The molecule has 2 rings (SSSR count). The van der Waals surface area contributed by atoms with Crippen LogP contribution in [0, 0.1) is 5.92 Å². The number of likely N-dealkylation sites (tertiary alicyclic amines) is 1. The number of carboxylic acids is 1. The van der Waals surface area contributed by atoms with Crippen LogP contribution >= 0.6 is 0 Å². The number of methoxy groups -OCH3 is 1. The molecule has 0 bridgehead atoms. The Labute approximate surface area is 180 Å². The Balaban J connectivity index is 2.13. The van der Waals surface area contributed by atoms with Crippen molar-refractivity contribution < 1.29 is 19.4 Å². The second-order valence-corrected chi connectivity index (χ2v) is 8.72. The summed E-state index contributed by atoms with van der Waals surface area (Å²) in [6.07, 6.45) is 2.33. The van der Waals surface area contributed by atoms with Gasteiger partial charge in [0.05, 0.1) is 30.8 Å². The van der Waals surface area contributed by atoms with Gasteiger partial charge >= 0.3 is 5.97 Å². The molecule has 30 heavy (non-hydrogen) atoms. The molecule has 1 fully saturated rings. The molecule has 7 nitrogen and oxygen atoms in total. The van der Waals surface area contributed by atoms with Crippen LogP contribution in [-0.4, -0.2) is 61.3 Å². The van der Waals surface area contributed by atoms with Gasteiger partial charge in [0.15, 0.2) is 0 Å². The lowest BCUT2D eigenvalue weighted by atomic mass is 9.95. The number of anilines is 2. The number of aliphatic carboxylic acids is 1. The molecule has 1 heterocycles. The van der Waals surface area contributed by atoms with Gasteiger partial charge in [-0.15, -0.1) is 0 Å². The maximum atomic E-state index is 12.3. The van der Waals surface area contributed by atoms with Crippen LogP contribution in [0.4, 0.5) is 11.4 Å². The average Bonchev–Trinajstić information content (AvgIpc) is 2.70. The van der Waals surface area contributed by atoms with E-state index in [-0.39, 0.29) is 18.2 Å². The number of carbonyl (C=O) groups is 2. The maximum absolute atomic E-state index is 12.3. The zero-order chi connectivity index (χ0) is 22.3. The zero-order valence-electron chi connectivity index (χ0n) is 18.8. The molecule has 7 heteroatoms. The number of hydrogen-bond donors (Lipinski definition) is 2. The van der Waals surface area contributed by atoms with Crippen LogP contribution in [0.15, 0.2) is 18.2 Å². The summed E-state index contributed by atoms with van der Waals surface area (Å²) in [7, 11) is 1.61. The number of nitrogens with zero attached hydrogens (tertiary/aromatic N) is 2. The quantitative estimate of drug-likeness (QED) is 0.565. The molecule has 1 aromatic rings. The Bertz CT molecular complexity index is 714. The number of carboxylic acid groups (broad SMARTS) is 1. The van der Waals surface area contributed by atoms with Gasteiger partial charge in [0.2, 0.25) is 5.91 Å². The second kappa shape index (κ2) is 11.2. The minimum absolute atomic E-state index is 0.0845. The number of benzene rings is 1.